The Bertz CT molecular complexity index is 985. The molecule has 0 aliphatic rings. The van der Waals surface area contributed by atoms with Crippen molar-refractivity contribution in [2.24, 2.45) is 0 Å². The predicted octanol–water partition coefficient (Wildman–Crippen LogP) is 1.42. The molecule has 0 aliphatic heterocycles. The molecule has 7 heteroatoms. The molecule has 3 rings (SSSR count). The maximum Gasteiger partial charge on any atom is 0.273 e. The normalized spacial score (nSPS) is 11.5. The van der Waals surface area contributed by atoms with E-state index in [0.29, 0.717) is 12.2 Å². The van der Waals surface area contributed by atoms with Gasteiger partial charge in [-0.05, 0) is 32.1 Å². The number of hydrogen-bond donors (Lipinski definition) is 1. The first-order valence-electron chi connectivity index (χ1n) is 9.02. The van der Waals surface area contributed by atoms with E-state index in [0.717, 1.165) is 36.2 Å². The number of nitrogens with one attached hydrogen (secondary N) is 1. The van der Waals surface area contributed by atoms with E-state index in [-0.39, 0.29) is 18.0 Å². The summed E-state index contributed by atoms with van der Waals surface area (Å²) in [4.78, 5) is 30.7. The first-order chi connectivity index (χ1) is 12.5. The van der Waals surface area contributed by atoms with Crippen LogP contribution in [0.3, 0.4) is 0 Å². The lowest BCUT2D eigenvalue weighted by Crippen LogP contribution is -2.36. The summed E-state index contributed by atoms with van der Waals surface area (Å²) >= 11 is 0. The number of aromatic nitrogens is 3. The van der Waals surface area contributed by atoms with Crippen LogP contribution >= 0.6 is 0 Å². The third kappa shape index (κ3) is 3.48. The number of benzene rings is 1. The van der Waals surface area contributed by atoms with Gasteiger partial charge in [0.2, 0.25) is 5.91 Å². The van der Waals surface area contributed by atoms with E-state index in [1.54, 1.807) is 0 Å². The molecule has 0 bridgehead atoms. The SMILES string of the molecule is CCN(CC)CCNC(=O)Cn1c2ccccc2c2nc(=O)cc(C)n21. The number of amides is 1. The molecule has 138 valence electrons. The van der Waals surface area contributed by atoms with Crippen LogP contribution in [0, 0.1) is 6.92 Å². The number of carbonyl (C=O) groups excluding carboxylic acids is 1. The lowest BCUT2D eigenvalue weighted by Gasteiger charge is -2.18. The fourth-order valence-electron chi connectivity index (χ4n) is 3.31. The van der Waals surface area contributed by atoms with Crippen molar-refractivity contribution >= 4 is 22.5 Å². The number of aryl methyl sites for hydroxylation is 1. The van der Waals surface area contributed by atoms with Crippen LogP contribution in [0.5, 0.6) is 0 Å². The topological polar surface area (TPSA) is 71.6 Å². The van der Waals surface area contributed by atoms with E-state index >= 15 is 0 Å². The summed E-state index contributed by atoms with van der Waals surface area (Å²) in [6.07, 6.45) is 0. The van der Waals surface area contributed by atoms with Gasteiger partial charge in [0.15, 0.2) is 5.65 Å². The zero-order valence-corrected chi connectivity index (χ0v) is 15.5. The van der Waals surface area contributed by atoms with E-state index in [1.807, 2.05) is 40.4 Å². The van der Waals surface area contributed by atoms with Crippen molar-refractivity contribution in [3.05, 3.63) is 46.4 Å². The Balaban J connectivity index is 1.89. The molecule has 0 spiro atoms. The number of carbonyl (C=O) groups is 1. The second-order valence-corrected chi connectivity index (χ2v) is 6.32. The molecule has 0 saturated carbocycles. The molecule has 0 atom stereocenters. The average molecular weight is 355 g/mol. The van der Waals surface area contributed by atoms with Crippen molar-refractivity contribution in [3.63, 3.8) is 0 Å². The first-order valence-corrected chi connectivity index (χ1v) is 9.02. The second-order valence-electron chi connectivity index (χ2n) is 6.32. The molecule has 2 aromatic heterocycles. The molecule has 0 saturated heterocycles. The lowest BCUT2D eigenvalue weighted by atomic mass is 10.2. The maximum atomic E-state index is 12.5. The summed E-state index contributed by atoms with van der Waals surface area (Å²) in [5.74, 6) is -0.0575. The summed E-state index contributed by atoms with van der Waals surface area (Å²) in [5.41, 5.74) is 1.95. The van der Waals surface area contributed by atoms with E-state index in [2.05, 4.69) is 29.0 Å². The zero-order valence-electron chi connectivity index (χ0n) is 15.5. The number of fused-ring (bicyclic) bond motifs is 3. The van der Waals surface area contributed by atoms with E-state index in [9.17, 15) is 9.59 Å². The Hall–Kier alpha value is -2.67. The van der Waals surface area contributed by atoms with Crippen LogP contribution < -0.4 is 10.9 Å². The van der Waals surface area contributed by atoms with E-state index in [4.69, 9.17) is 0 Å². The summed E-state index contributed by atoms with van der Waals surface area (Å²) in [7, 11) is 0. The first kappa shape index (κ1) is 18.1. The van der Waals surface area contributed by atoms with Gasteiger partial charge in [-0.1, -0.05) is 26.0 Å². The van der Waals surface area contributed by atoms with Crippen LogP contribution in [0.1, 0.15) is 19.5 Å². The van der Waals surface area contributed by atoms with Gasteiger partial charge in [0.1, 0.15) is 6.54 Å². The van der Waals surface area contributed by atoms with Crippen molar-refractivity contribution in [2.75, 3.05) is 26.2 Å². The number of hydrogen-bond acceptors (Lipinski definition) is 4. The number of likely N-dealkylation sites (N-methyl/N-ethyl adjacent to an activating group) is 1. The molecule has 2 heterocycles. The highest BCUT2D eigenvalue weighted by atomic mass is 16.2. The quantitative estimate of drug-likeness (QED) is 0.696. The third-order valence-electron chi connectivity index (χ3n) is 4.69. The van der Waals surface area contributed by atoms with Gasteiger partial charge < -0.3 is 10.2 Å². The van der Waals surface area contributed by atoms with Crippen molar-refractivity contribution in [2.45, 2.75) is 27.3 Å². The lowest BCUT2D eigenvalue weighted by molar-refractivity contribution is -0.121. The van der Waals surface area contributed by atoms with Gasteiger partial charge >= 0.3 is 0 Å². The van der Waals surface area contributed by atoms with Crippen LogP contribution in [0.2, 0.25) is 0 Å². The van der Waals surface area contributed by atoms with Gasteiger partial charge in [0.25, 0.3) is 5.56 Å². The Morgan fingerprint density at radius 3 is 2.69 bits per heavy atom. The second kappa shape index (κ2) is 7.70. The Morgan fingerprint density at radius 1 is 1.23 bits per heavy atom. The van der Waals surface area contributed by atoms with Crippen molar-refractivity contribution in [1.82, 2.24) is 24.4 Å². The molecule has 26 heavy (non-hydrogen) atoms. The molecule has 0 unspecified atom stereocenters. The third-order valence-corrected chi connectivity index (χ3v) is 4.69. The van der Waals surface area contributed by atoms with Crippen LogP contribution in [-0.4, -0.2) is 51.2 Å². The van der Waals surface area contributed by atoms with E-state index < -0.39 is 0 Å². The summed E-state index contributed by atoms with van der Waals surface area (Å²) in [6.45, 7) is 9.63. The van der Waals surface area contributed by atoms with Gasteiger partial charge in [0.05, 0.1) is 5.52 Å². The summed E-state index contributed by atoms with van der Waals surface area (Å²) in [5, 5.41) is 3.85. The van der Waals surface area contributed by atoms with E-state index in [1.165, 1.54) is 6.07 Å². The van der Waals surface area contributed by atoms with Gasteiger partial charge in [-0.25, -0.2) is 4.52 Å². The highest BCUT2D eigenvalue weighted by Gasteiger charge is 2.15. The molecule has 3 aromatic rings. The van der Waals surface area contributed by atoms with Crippen LogP contribution in [0.4, 0.5) is 0 Å². The standard InChI is InChI=1S/C19H25N5O2/c1-4-22(5-2)11-10-20-18(26)13-23-16-9-7-6-8-15(16)19-21-17(25)12-14(3)24(19)23/h6-9,12H,4-5,10-11,13H2,1-3H3,(H,20,26). The average Bonchev–Trinajstić information content (AvgIpc) is 2.93. The van der Waals surface area contributed by atoms with Gasteiger partial charge in [-0.15, -0.1) is 0 Å². The minimum absolute atomic E-state index is 0.0575. The summed E-state index contributed by atoms with van der Waals surface area (Å²) < 4.78 is 3.72. The summed E-state index contributed by atoms with van der Waals surface area (Å²) in [6, 6.07) is 9.18. The molecular weight excluding hydrogens is 330 g/mol. The van der Waals surface area contributed by atoms with Gasteiger partial charge in [-0.2, -0.15) is 4.98 Å². The number of para-hydroxylation sites is 1. The van der Waals surface area contributed by atoms with Crippen molar-refractivity contribution in [3.8, 4) is 0 Å². The van der Waals surface area contributed by atoms with Crippen LogP contribution in [-0.2, 0) is 11.3 Å². The van der Waals surface area contributed by atoms with Gasteiger partial charge in [0, 0.05) is 30.2 Å². The maximum absolute atomic E-state index is 12.5. The monoisotopic (exact) mass is 355 g/mol. The molecular formula is C19H25N5O2. The predicted molar refractivity (Wildman–Crippen MR) is 102 cm³/mol. The number of nitrogens with zero attached hydrogens (tertiary/aromatic N) is 4. The fraction of sp³-hybridized carbons (Fsp3) is 0.421. The Kier molecular flexibility index (Phi) is 5.37. The minimum Gasteiger partial charge on any atom is -0.353 e. The molecule has 1 amide bonds. The Labute approximate surface area is 152 Å². The largest absolute Gasteiger partial charge is 0.353 e. The molecule has 0 aliphatic carbocycles. The van der Waals surface area contributed by atoms with Crippen LogP contribution in [0.25, 0.3) is 16.6 Å². The molecule has 1 N–H and O–H groups in total. The van der Waals surface area contributed by atoms with Crippen molar-refractivity contribution < 1.29 is 4.79 Å². The number of rotatable bonds is 7. The minimum atomic E-state index is -0.269. The van der Waals surface area contributed by atoms with Gasteiger partial charge in [-0.3, -0.25) is 14.3 Å². The smallest absolute Gasteiger partial charge is 0.273 e. The molecule has 1 aromatic carbocycles. The Morgan fingerprint density at radius 2 is 1.96 bits per heavy atom. The molecule has 0 fully saturated rings. The molecule has 7 nitrogen and oxygen atoms in total. The van der Waals surface area contributed by atoms with Crippen molar-refractivity contribution in [1.29, 1.82) is 0 Å². The fourth-order valence-corrected chi connectivity index (χ4v) is 3.31. The molecule has 0 radical (unpaired) electrons. The highest BCUT2D eigenvalue weighted by molar-refractivity contribution is 5.93. The highest BCUT2D eigenvalue weighted by Crippen LogP contribution is 2.21. The zero-order chi connectivity index (χ0) is 18.7. The van der Waals surface area contributed by atoms with Crippen LogP contribution in [0.15, 0.2) is 35.1 Å².